The summed E-state index contributed by atoms with van der Waals surface area (Å²) in [5.74, 6) is 1.83. The van der Waals surface area contributed by atoms with E-state index in [0.717, 1.165) is 36.4 Å². The van der Waals surface area contributed by atoms with Crippen molar-refractivity contribution < 1.29 is 14.3 Å². The molecule has 5 heteroatoms. The van der Waals surface area contributed by atoms with Gasteiger partial charge >= 0.3 is 0 Å². The van der Waals surface area contributed by atoms with Crippen LogP contribution in [0.15, 0.2) is 18.2 Å². The van der Waals surface area contributed by atoms with Crippen molar-refractivity contribution >= 4 is 5.91 Å². The van der Waals surface area contributed by atoms with E-state index in [1.165, 1.54) is 0 Å². The van der Waals surface area contributed by atoms with Gasteiger partial charge in [-0.15, -0.1) is 0 Å². The quantitative estimate of drug-likeness (QED) is 0.924. The first-order valence-corrected chi connectivity index (χ1v) is 8.05. The summed E-state index contributed by atoms with van der Waals surface area (Å²) in [7, 11) is 1.88. The molecule has 1 N–H and O–H groups in total. The van der Waals surface area contributed by atoms with E-state index in [1.54, 1.807) is 0 Å². The third-order valence-corrected chi connectivity index (χ3v) is 4.42. The van der Waals surface area contributed by atoms with Crippen LogP contribution < -0.4 is 14.8 Å². The van der Waals surface area contributed by atoms with Gasteiger partial charge in [0, 0.05) is 19.0 Å². The van der Waals surface area contributed by atoms with Gasteiger partial charge in [0.15, 0.2) is 11.5 Å². The third-order valence-electron chi connectivity index (χ3n) is 4.42. The largest absolute Gasteiger partial charge is 0.486 e. The van der Waals surface area contributed by atoms with Crippen molar-refractivity contribution in [3.63, 3.8) is 0 Å². The van der Waals surface area contributed by atoms with E-state index in [0.29, 0.717) is 19.8 Å². The van der Waals surface area contributed by atoms with Gasteiger partial charge in [-0.05, 0) is 37.6 Å². The van der Waals surface area contributed by atoms with E-state index in [-0.39, 0.29) is 17.9 Å². The number of rotatable bonds is 4. The molecule has 120 valence electrons. The predicted octanol–water partition coefficient (Wildman–Crippen LogP) is 1.98. The summed E-state index contributed by atoms with van der Waals surface area (Å²) < 4.78 is 11.2. The van der Waals surface area contributed by atoms with Crippen LogP contribution >= 0.6 is 0 Å². The van der Waals surface area contributed by atoms with Crippen LogP contribution in [0, 0.1) is 5.92 Å². The second-order valence-electron chi connectivity index (χ2n) is 6.05. The number of amides is 1. The highest BCUT2D eigenvalue weighted by atomic mass is 16.6. The van der Waals surface area contributed by atoms with Gasteiger partial charge in [-0.3, -0.25) is 4.79 Å². The number of carbonyl (C=O) groups is 1. The minimum atomic E-state index is 0.00260. The maximum atomic E-state index is 12.6. The molecule has 3 rings (SSSR count). The Kier molecular flexibility index (Phi) is 4.52. The molecule has 0 bridgehead atoms. The number of nitrogens with one attached hydrogen (secondary N) is 1. The highest BCUT2D eigenvalue weighted by Crippen LogP contribution is 2.38. The fraction of sp³-hybridized carbons (Fsp3) is 0.588. The van der Waals surface area contributed by atoms with Gasteiger partial charge in [0.1, 0.15) is 13.2 Å². The van der Waals surface area contributed by atoms with Gasteiger partial charge in [0.05, 0.1) is 6.04 Å². The van der Waals surface area contributed by atoms with Crippen LogP contribution in [0.3, 0.4) is 0 Å². The van der Waals surface area contributed by atoms with Crippen LogP contribution in [-0.4, -0.2) is 44.2 Å². The summed E-state index contributed by atoms with van der Waals surface area (Å²) in [5, 5.41) is 3.08. The zero-order valence-corrected chi connectivity index (χ0v) is 13.3. The van der Waals surface area contributed by atoms with Gasteiger partial charge in [-0.1, -0.05) is 13.0 Å². The molecule has 22 heavy (non-hydrogen) atoms. The molecule has 0 saturated carbocycles. The molecule has 0 spiro atoms. The Bertz CT molecular complexity index is 547. The van der Waals surface area contributed by atoms with Crippen LogP contribution in [0.4, 0.5) is 0 Å². The van der Waals surface area contributed by atoms with Crippen LogP contribution in [0.5, 0.6) is 11.5 Å². The maximum Gasteiger partial charge on any atom is 0.227 e. The smallest absolute Gasteiger partial charge is 0.227 e. The van der Waals surface area contributed by atoms with Crippen molar-refractivity contribution in [2.45, 2.75) is 25.8 Å². The van der Waals surface area contributed by atoms with Gasteiger partial charge in [0.2, 0.25) is 5.91 Å². The molecule has 1 saturated heterocycles. The Balaban J connectivity index is 1.79. The van der Waals surface area contributed by atoms with E-state index >= 15 is 0 Å². The normalized spacial score (nSPS) is 21.7. The predicted molar refractivity (Wildman–Crippen MR) is 84.2 cm³/mol. The number of hydrogen-bond donors (Lipinski definition) is 1. The Morgan fingerprint density at radius 3 is 2.91 bits per heavy atom. The van der Waals surface area contributed by atoms with Crippen LogP contribution in [0.25, 0.3) is 0 Å². The fourth-order valence-electron chi connectivity index (χ4n) is 3.32. The summed E-state index contributed by atoms with van der Waals surface area (Å²) in [5.41, 5.74) is 1.15. The number of likely N-dealkylation sites (tertiary alicyclic amines) is 1. The van der Waals surface area contributed by atoms with Crippen LogP contribution in [0.1, 0.15) is 31.4 Å². The second-order valence-corrected chi connectivity index (χ2v) is 6.05. The molecule has 1 aromatic rings. The van der Waals surface area contributed by atoms with Crippen molar-refractivity contribution in [1.29, 1.82) is 0 Å². The molecule has 2 aliphatic heterocycles. The fourth-order valence-corrected chi connectivity index (χ4v) is 3.32. The Morgan fingerprint density at radius 1 is 1.36 bits per heavy atom. The molecule has 0 aliphatic carbocycles. The molecule has 2 heterocycles. The lowest BCUT2D eigenvalue weighted by molar-refractivity contribution is -0.135. The van der Waals surface area contributed by atoms with E-state index < -0.39 is 0 Å². The molecule has 5 nitrogen and oxygen atoms in total. The number of benzene rings is 1. The number of fused-ring (bicyclic) bond motifs is 1. The van der Waals surface area contributed by atoms with Crippen molar-refractivity contribution in [1.82, 2.24) is 10.2 Å². The van der Waals surface area contributed by atoms with Crippen molar-refractivity contribution in [3.05, 3.63) is 23.8 Å². The molecule has 1 amide bonds. The van der Waals surface area contributed by atoms with Gasteiger partial charge < -0.3 is 19.7 Å². The molecular weight excluding hydrogens is 280 g/mol. The summed E-state index contributed by atoms with van der Waals surface area (Å²) in [6.07, 6.45) is 2.06. The summed E-state index contributed by atoms with van der Waals surface area (Å²) in [6, 6.07) is 6.21. The first-order chi connectivity index (χ1) is 10.7. The lowest BCUT2D eigenvalue weighted by atomic mass is 10.0. The zero-order valence-electron chi connectivity index (χ0n) is 13.3. The zero-order chi connectivity index (χ0) is 15.5. The average Bonchev–Trinajstić information content (AvgIpc) is 3.03. The molecule has 2 aliphatic rings. The van der Waals surface area contributed by atoms with E-state index in [2.05, 4.69) is 11.4 Å². The highest BCUT2D eigenvalue weighted by Gasteiger charge is 2.32. The monoisotopic (exact) mass is 304 g/mol. The summed E-state index contributed by atoms with van der Waals surface area (Å²) in [4.78, 5) is 14.7. The van der Waals surface area contributed by atoms with Gasteiger partial charge in [-0.25, -0.2) is 0 Å². The standard InChI is InChI=1S/C17H24N2O3/c1-12(11-18-2)17(20)19-7-3-4-14(19)13-5-6-15-16(10-13)22-9-8-21-15/h5-6,10,12,14,18H,3-4,7-9,11H2,1-2H3. The molecule has 0 radical (unpaired) electrons. The Labute approximate surface area is 131 Å². The lowest BCUT2D eigenvalue weighted by Gasteiger charge is -2.29. The second kappa shape index (κ2) is 6.57. The summed E-state index contributed by atoms with van der Waals surface area (Å²) in [6.45, 7) is 4.72. The first-order valence-electron chi connectivity index (χ1n) is 8.05. The topological polar surface area (TPSA) is 50.8 Å². The van der Waals surface area contributed by atoms with E-state index in [4.69, 9.17) is 9.47 Å². The minimum Gasteiger partial charge on any atom is -0.486 e. The Morgan fingerprint density at radius 2 is 2.14 bits per heavy atom. The SMILES string of the molecule is CNCC(C)C(=O)N1CCCC1c1ccc2c(c1)OCCO2. The van der Waals surface area contributed by atoms with Crippen LogP contribution in [0.2, 0.25) is 0 Å². The van der Waals surface area contributed by atoms with Gasteiger partial charge in [-0.2, -0.15) is 0 Å². The molecule has 1 fully saturated rings. The van der Waals surface area contributed by atoms with Gasteiger partial charge in [0.25, 0.3) is 0 Å². The highest BCUT2D eigenvalue weighted by molar-refractivity contribution is 5.79. The number of ether oxygens (including phenoxy) is 2. The average molecular weight is 304 g/mol. The molecule has 1 aromatic carbocycles. The maximum absolute atomic E-state index is 12.6. The van der Waals surface area contributed by atoms with E-state index in [1.807, 2.05) is 31.0 Å². The summed E-state index contributed by atoms with van der Waals surface area (Å²) >= 11 is 0. The Hall–Kier alpha value is -1.75. The number of hydrogen-bond acceptors (Lipinski definition) is 4. The molecule has 2 unspecified atom stereocenters. The van der Waals surface area contributed by atoms with Crippen molar-refractivity contribution in [2.24, 2.45) is 5.92 Å². The first kappa shape index (κ1) is 15.2. The molecule has 0 aromatic heterocycles. The van der Waals surface area contributed by atoms with E-state index in [9.17, 15) is 4.79 Å². The molecular formula is C17H24N2O3. The van der Waals surface area contributed by atoms with Crippen LogP contribution in [-0.2, 0) is 4.79 Å². The van der Waals surface area contributed by atoms with Crippen molar-refractivity contribution in [3.8, 4) is 11.5 Å². The number of nitrogens with zero attached hydrogens (tertiary/aromatic N) is 1. The lowest BCUT2D eigenvalue weighted by Crippen LogP contribution is -2.38. The third kappa shape index (κ3) is 2.90. The minimum absolute atomic E-state index is 0.00260. The number of carbonyl (C=O) groups excluding carboxylic acids is 1. The van der Waals surface area contributed by atoms with Crippen molar-refractivity contribution in [2.75, 3.05) is 33.4 Å². The molecule has 2 atom stereocenters.